The quantitative estimate of drug-likeness (QED) is 0.817. The SMILES string of the molecule is CC(C)(C)OC(=O)[C@@H]1CN([C@@H](C(=O)O)c2ccsc2)[C@@H]1N. The van der Waals surface area contributed by atoms with E-state index in [9.17, 15) is 14.7 Å². The van der Waals surface area contributed by atoms with Gasteiger partial charge in [-0.15, -0.1) is 0 Å². The normalized spacial score (nSPS) is 24.2. The molecule has 1 aliphatic heterocycles. The average molecular weight is 312 g/mol. The van der Waals surface area contributed by atoms with Crippen LogP contribution < -0.4 is 5.73 Å². The van der Waals surface area contributed by atoms with Crippen molar-refractivity contribution in [1.82, 2.24) is 4.90 Å². The van der Waals surface area contributed by atoms with E-state index < -0.39 is 29.7 Å². The summed E-state index contributed by atoms with van der Waals surface area (Å²) in [6.45, 7) is 5.66. The van der Waals surface area contributed by atoms with E-state index in [4.69, 9.17) is 10.5 Å². The number of nitrogens with two attached hydrogens (primary N) is 1. The van der Waals surface area contributed by atoms with Crippen LogP contribution in [0.15, 0.2) is 16.8 Å². The van der Waals surface area contributed by atoms with Crippen LogP contribution in [0.1, 0.15) is 32.4 Å². The fourth-order valence-electron chi connectivity index (χ4n) is 2.33. The molecule has 0 amide bonds. The number of nitrogens with zero attached hydrogens (tertiary/aromatic N) is 1. The van der Waals surface area contributed by atoms with E-state index in [1.54, 1.807) is 37.1 Å². The Hall–Kier alpha value is -1.44. The van der Waals surface area contributed by atoms with Crippen LogP contribution in [0.5, 0.6) is 0 Å². The van der Waals surface area contributed by atoms with E-state index in [1.165, 1.54) is 11.3 Å². The maximum absolute atomic E-state index is 12.0. The lowest BCUT2D eigenvalue weighted by atomic mass is 9.91. The van der Waals surface area contributed by atoms with Crippen molar-refractivity contribution >= 4 is 23.3 Å². The van der Waals surface area contributed by atoms with Gasteiger partial charge in [0.15, 0.2) is 0 Å². The molecule has 0 radical (unpaired) electrons. The van der Waals surface area contributed by atoms with Crippen LogP contribution in [-0.4, -0.2) is 40.3 Å². The molecule has 21 heavy (non-hydrogen) atoms. The predicted molar refractivity (Wildman–Crippen MR) is 78.7 cm³/mol. The minimum atomic E-state index is -0.966. The molecule has 1 saturated heterocycles. The van der Waals surface area contributed by atoms with Crippen molar-refractivity contribution in [2.75, 3.05) is 6.54 Å². The Morgan fingerprint density at radius 1 is 1.52 bits per heavy atom. The third kappa shape index (κ3) is 3.42. The predicted octanol–water partition coefficient (Wildman–Crippen LogP) is 1.43. The van der Waals surface area contributed by atoms with Crippen LogP contribution in [0.2, 0.25) is 0 Å². The zero-order chi connectivity index (χ0) is 15.8. The summed E-state index contributed by atoms with van der Waals surface area (Å²) in [6.07, 6.45) is -0.638. The molecule has 1 aliphatic rings. The summed E-state index contributed by atoms with van der Waals surface area (Å²) >= 11 is 1.43. The number of esters is 1. The van der Waals surface area contributed by atoms with Crippen LogP contribution in [0.4, 0.5) is 0 Å². The Morgan fingerprint density at radius 3 is 2.62 bits per heavy atom. The summed E-state index contributed by atoms with van der Waals surface area (Å²) in [5, 5.41) is 13.0. The third-order valence-corrected chi connectivity index (χ3v) is 4.04. The number of rotatable bonds is 4. The smallest absolute Gasteiger partial charge is 0.325 e. The number of carboxylic acids is 1. The van der Waals surface area contributed by atoms with Gasteiger partial charge in [-0.05, 0) is 43.2 Å². The first-order valence-corrected chi connectivity index (χ1v) is 7.64. The zero-order valence-corrected chi connectivity index (χ0v) is 13.1. The van der Waals surface area contributed by atoms with Gasteiger partial charge in [0, 0.05) is 6.54 Å². The van der Waals surface area contributed by atoms with Gasteiger partial charge >= 0.3 is 11.9 Å². The van der Waals surface area contributed by atoms with E-state index in [1.807, 2.05) is 5.38 Å². The first kappa shape index (κ1) is 15.9. The summed E-state index contributed by atoms with van der Waals surface area (Å²) < 4.78 is 5.30. The lowest BCUT2D eigenvalue weighted by Crippen LogP contribution is -2.66. The molecule has 1 fully saturated rings. The van der Waals surface area contributed by atoms with Crippen molar-refractivity contribution in [1.29, 1.82) is 0 Å². The van der Waals surface area contributed by atoms with E-state index in [2.05, 4.69) is 0 Å². The number of carbonyl (C=O) groups is 2. The van der Waals surface area contributed by atoms with Gasteiger partial charge in [0.1, 0.15) is 11.6 Å². The second kappa shape index (κ2) is 5.75. The number of ether oxygens (including phenoxy) is 1. The van der Waals surface area contributed by atoms with E-state index in [-0.39, 0.29) is 5.97 Å². The van der Waals surface area contributed by atoms with E-state index >= 15 is 0 Å². The number of hydrogen-bond donors (Lipinski definition) is 2. The fraction of sp³-hybridized carbons (Fsp3) is 0.571. The summed E-state index contributed by atoms with van der Waals surface area (Å²) in [6, 6.07) is 0.946. The van der Waals surface area contributed by atoms with Gasteiger partial charge in [0.25, 0.3) is 0 Å². The standard InChI is InChI=1S/C14H20N2O4S/c1-14(2,3)20-13(19)9-6-16(11(9)15)10(12(17)18)8-4-5-21-7-8/h4-5,7,9-11H,6,15H2,1-3H3,(H,17,18)/t9-,10-,11+/m1/s1. The number of carbonyl (C=O) groups excluding carboxylic acids is 1. The monoisotopic (exact) mass is 312 g/mol. The summed E-state index contributed by atoms with van der Waals surface area (Å²) in [7, 11) is 0. The lowest BCUT2D eigenvalue weighted by Gasteiger charge is -2.47. The second-order valence-corrected chi connectivity index (χ2v) is 6.90. The molecule has 0 bridgehead atoms. The van der Waals surface area contributed by atoms with Gasteiger partial charge < -0.3 is 15.6 Å². The lowest BCUT2D eigenvalue weighted by molar-refractivity contribution is -0.176. The zero-order valence-electron chi connectivity index (χ0n) is 12.3. The van der Waals surface area contributed by atoms with Crippen molar-refractivity contribution in [3.63, 3.8) is 0 Å². The fourth-order valence-corrected chi connectivity index (χ4v) is 3.00. The topological polar surface area (TPSA) is 92.9 Å². The molecule has 6 nitrogen and oxygen atoms in total. The molecule has 1 aromatic rings. The van der Waals surface area contributed by atoms with Gasteiger partial charge in [0.2, 0.25) is 0 Å². The highest BCUT2D eigenvalue weighted by molar-refractivity contribution is 7.08. The molecule has 116 valence electrons. The second-order valence-electron chi connectivity index (χ2n) is 6.12. The Morgan fingerprint density at radius 2 is 2.19 bits per heavy atom. The molecule has 0 saturated carbocycles. The van der Waals surface area contributed by atoms with Gasteiger partial charge in [-0.1, -0.05) is 0 Å². The highest BCUT2D eigenvalue weighted by atomic mass is 32.1. The highest BCUT2D eigenvalue weighted by Crippen LogP contribution is 2.34. The number of carboxylic acid groups (broad SMARTS) is 1. The number of hydrogen-bond acceptors (Lipinski definition) is 6. The molecule has 1 aromatic heterocycles. The molecule has 7 heteroatoms. The van der Waals surface area contributed by atoms with E-state index in [0.717, 1.165) is 0 Å². The van der Waals surface area contributed by atoms with Gasteiger partial charge in [-0.2, -0.15) is 11.3 Å². The van der Waals surface area contributed by atoms with Gasteiger partial charge in [-0.3, -0.25) is 14.5 Å². The molecule has 3 N–H and O–H groups in total. The number of thiophene rings is 1. The molecular formula is C14H20N2O4S. The van der Waals surface area contributed by atoms with E-state index in [0.29, 0.717) is 12.1 Å². The molecule has 0 aromatic carbocycles. The maximum atomic E-state index is 12.0. The molecule has 2 heterocycles. The number of aliphatic carboxylic acids is 1. The van der Waals surface area contributed by atoms with Crippen LogP contribution >= 0.6 is 11.3 Å². The van der Waals surface area contributed by atoms with Crippen LogP contribution in [-0.2, 0) is 14.3 Å². The summed E-state index contributed by atoms with van der Waals surface area (Å²) in [5.41, 5.74) is 6.11. The first-order chi connectivity index (χ1) is 9.70. The van der Waals surface area contributed by atoms with Crippen LogP contribution in [0, 0.1) is 5.92 Å². The average Bonchev–Trinajstić information content (AvgIpc) is 2.83. The maximum Gasteiger partial charge on any atom is 0.325 e. The van der Waals surface area contributed by atoms with Crippen molar-refractivity contribution in [2.24, 2.45) is 11.7 Å². The Labute approximate surface area is 127 Å². The minimum absolute atomic E-state index is 0.295. The Kier molecular flexibility index (Phi) is 4.36. The summed E-state index contributed by atoms with van der Waals surface area (Å²) in [4.78, 5) is 25.1. The minimum Gasteiger partial charge on any atom is -0.480 e. The Balaban J connectivity index is 2.05. The van der Waals surface area contributed by atoms with Crippen LogP contribution in [0.3, 0.4) is 0 Å². The van der Waals surface area contributed by atoms with Crippen molar-refractivity contribution < 1.29 is 19.4 Å². The molecule has 0 aliphatic carbocycles. The van der Waals surface area contributed by atoms with Crippen LogP contribution in [0.25, 0.3) is 0 Å². The van der Waals surface area contributed by atoms with Gasteiger partial charge in [0.05, 0.1) is 12.1 Å². The summed E-state index contributed by atoms with van der Waals surface area (Å²) in [5.74, 6) is -1.82. The molecule has 0 spiro atoms. The molecular weight excluding hydrogens is 292 g/mol. The first-order valence-electron chi connectivity index (χ1n) is 6.70. The van der Waals surface area contributed by atoms with Crippen molar-refractivity contribution in [3.8, 4) is 0 Å². The van der Waals surface area contributed by atoms with Crippen molar-refractivity contribution in [3.05, 3.63) is 22.4 Å². The Bertz CT molecular complexity index is 524. The van der Waals surface area contributed by atoms with Gasteiger partial charge in [-0.25, -0.2) is 0 Å². The number of likely N-dealkylation sites (tertiary alicyclic amines) is 1. The largest absolute Gasteiger partial charge is 0.480 e. The van der Waals surface area contributed by atoms with Crippen molar-refractivity contribution in [2.45, 2.75) is 38.6 Å². The third-order valence-electron chi connectivity index (χ3n) is 3.34. The highest BCUT2D eigenvalue weighted by Gasteiger charge is 2.48. The molecule has 0 unspecified atom stereocenters. The molecule has 2 rings (SSSR count). The molecule has 3 atom stereocenters.